The fourth-order valence-corrected chi connectivity index (χ4v) is 7.73. The third kappa shape index (κ3) is 9.08. The van der Waals surface area contributed by atoms with Crippen LogP contribution >= 0.6 is 34.7 Å². The van der Waals surface area contributed by atoms with Crippen molar-refractivity contribution in [3.63, 3.8) is 0 Å². The molecule has 0 unspecified atom stereocenters. The highest BCUT2D eigenvalue weighted by molar-refractivity contribution is 8.00. The van der Waals surface area contributed by atoms with Crippen LogP contribution < -0.4 is 16.0 Å². The van der Waals surface area contributed by atoms with Crippen LogP contribution in [0.4, 0.5) is 10.7 Å². The predicted molar refractivity (Wildman–Crippen MR) is 201 cm³/mol. The first-order valence-corrected chi connectivity index (χ1v) is 18.0. The van der Waals surface area contributed by atoms with Gasteiger partial charge < -0.3 is 16.0 Å². The number of nitriles is 1. The molecule has 3 amide bonds. The van der Waals surface area contributed by atoms with Gasteiger partial charge in [-0.3, -0.25) is 19.3 Å². The van der Waals surface area contributed by atoms with E-state index >= 15 is 0 Å². The maximum atomic E-state index is 13.5. The number of thiophene rings is 1. The molecule has 4 aromatic carbocycles. The molecule has 1 aromatic heterocycles. The van der Waals surface area contributed by atoms with Crippen LogP contribution in [-0.2, 0) is 29.1 Å². The number of rotatable bonds is 11. The van der Waals surface area contributed by atoms with E-state index in [4.69, 9.17) is 11.6 Å². The maximum absolute atomic E-state index is 13.5. The lowest BCUT2D eigenvalue weighted by Gasteiger charge is -2.26. The van der Waals surface area contributed by atoms with E-state index in [1.54, 1.807) is 78.9 Å². The lowest BCUT2D eigenvalue weighted by molar-refractivity contribution is -0.114. The first-order chi connectivity index (χ1) is 24.3. The minimum atomic E-state index is -0.526. The van der Waals surface area contributed by atoms with Gasteiger partial charge in [-0.25, -0.2) is 0 Å². The number of hydrogen-bond acceptors (Lipinski definition) is 7. The zero-order valence-corrected chi connectivity index (χ0v) is 29.2. The van der Waals surface area contributed by atoms with Crippen molar-refractivity contribution in [2.24, 2.45) is 0 Å². The Bertz CT molecular complexity index is 2090. The van der Waals surface area contributed by atoms with Crippen molar-refractivity contribution in [1.29, 1.82) is 5.26 Å². The number of carbonyl (C=O) groups excluding carboxylic acids is 3. The smallest absolute Gasteiger partial charge is 0.272 e. The first kappa shape index (κ1) is 34.7. The summed E-state index contributed by atoms with van der Waals surface area (Å²) < 4.78 is 0. The molecule has 5 aromatic rings. The second kappa shape index (κ2) is 16.5. The number of amides is 3. The zero-order valence-electron chi connectivity index (χ0n) is 26.8. The van der Waals surface area contributed by atoms with Crippen molar-refractivity contribution in [2.45, 2.75) is 24.4 Å². The molecular formula is C39H32ClN5O3S2. The average molecular weight is 718 g/mol. The molecule has 6 rings (SSSR count). The highest BCUT2D eigenvalue weighted by Crippen LogP contribution is 2.37. The van der Waals surface area contributed by atoms with E-state index in [0.29, 0.717) is 32.4 Å². The minimum absolute atomic E-state index is 0.0358. The molecule has 0 saturated heterocycles. The largest absolute Gasteiger partial charge is 0.321 e. The first-order valence-electron chi connectivity index (χ1n) is 15.8. The van der Waals surface area contributed by atoms with Gasteiger partial charge in [-0.15, -0.1) is 23.1 Å². The maximum Gasteiger partial charge on any atom is 0.272 e. The van der Waals surface area contributed by atoms with E-state index in [9.17, 15) is 19.6 Å². The predicted octanol–water partition coefficient (Wildman–Crippen LogP) is 7.97. The number of carbonyl (C=O) groups is 3. The van der Waals surface area contributed by atoms with Crippen molar-refractivity contribution in [1.82, 2.24) is 10.2 Å². The number of fused-ring (bicyclic) bond motifs is 1. The monoisotopic (exact) mass is 717 g/mol. The van der Waals surface area contributed by atoms with Gasteiger partial charge in [0.1, 0.15) is 16.8 Å². The van der Waals surface area contributed by atoms with Crippen LogP contribution in [0.5, 0.6) is 0 Å². The van der Waals surface area contributed by atoms with E-state index in [2.05, 4.69) is 39.1 Å². The van der Waals surface area contributed by atoms with Gasteiger partial charge >= 0.3 is 0 Å². The molecule has 11 heteroatoms. The van der Waals surface area contributed by atoms with Crippen LogP contribution in [0.15, 0.2) is 120 Å². The molecule has 1 aliphatic rings. The molecule has 0 saturated carbocycles. The molecule has 250 valence electrons. The van der Waals surface area contributed by atoms with Gasteiger partial charge in [-0.1, -0.05) is 78.3 Å². The Morgan fingerprint density at radius 3 is 2.44 bits per heavy atom. The third-order valence-electron chi connectivity index (χ3n) is 7.90. The number of thioether (sulfide) groups is 1. The Morgan fingerprint density at radius 1 is 0.920 bits per heavy atom. The fourth-order valence-electron chi connectivity index (χ4n) is 5.52. The number of nitrogens with one attached hydrogen (secondary N) is 3. The van der Waals surface area contributed by atoms with E-state index in [-0.39, 0.29) is 17.4 Å². The average Bonchev–Trinajstić information content (AvgIpc) is 3.47. The van der Waals surface area contributed by atoms with Gasteiger partial charge in [0, 0.05) is 45.7 Å². The van der Waals surface area contributed by atoms with Gasteiger partial charge in [0.15, 0.2) is 0 Å². The standard InChI is InChI=1S/C39H32ClN5O3S2/c40-29-14-7-11-27(19-29)20-34(43-37(47)28-12-5-2-6-13-28)38(48)42-30-15-8-16-31(21-30)49-25-36(46)44-39-33(22-41)32-17-18-45(24-35(32)50-39)23-26-9-3-1-4-10-26/h1-16,19-21H,17-18,23-25H2,(H,42,48)(H,43,47)(H,44,46)/b34-20-. The second-order valence-electron chi connectivity index (χ2n) is 11.5. The summed E-state index contributed by atoms with van der Waals surface area (Å²) in [4.78, 5) is 43.7. The lowest BCUT2D eigenvalue weighted by Crippen LogP contribution is -2.30. The van der Waals surface area contributed by atoms with Crippen molar-refractivity contribution in [3.05, 3.63) is 153 Å². The lowest BCUT2D eigenvalue weighted by atomic mass is 10.0. The van der Waals surface area contributed by atoms with Crippen LogP contribution in [0.2, 0.25) is 5.02 Å². The summed E-state index contributed by atoms with van der Waals surface area (Å²) >= 11 is 8.94. The van der Waals surface area contributed by atoms with E-state index in [1.165, 1.54) is 28.7 Å². The zero-order chi connectivity index (χ0) is 34.9. The Kier molecular flexibility index (Phi) is 11.4. The normalized spacial score (nSPS) is 12.8. The summed E-state index contributed by atoms with van der Waals surface area (Å²) in [6.45, 7) is 2.42. The summed E-state index contributed by atoms with van der Waals surface area (Å²) in [7, 11) is 0. The SMILES string of the molecule is N#Cc1c(NC(=O)CSc2cccc(NC(=O)/C(=C/c3cccc(Cl)c3)NC(=O)c3ccccc3)c2)sc2c1CCN(Cc1ccccc1)C2. The number of hydrogen-bond donors (Lipinski definition) is 3. The van der Waals surface area contributed by atoms with E-state index < -0.39 is 11.8 Å². The third-order valence-corrected chi connectivity index (χ3v) is 10.3. The summed E-state index contributed by atoms with van der Waals surface area (Å²) in [5.74, 6) is -1.07. The number of nitrogens with zero attached hydrogens (tertiary/aromatic N) is 2. The van der Waals surface area contributed by atoms with Crippen LogP contribution in [0.1, 0.15) is 37.5 Å². The topological polar surface area (TPSA) is 114 Å². The Morgan fingerprint density at radius 2 is 1.68 bits per heavy atom. The number of halogens is 1. The summed E-state index contributed by atoms with van der Waals surface area (Å²) in [6, 6.07) is 35.3. The van der Waals surface area contributed by atoms with Crippen LogP contribution in [-0.4, -0.2) is 34.9 Å². The Hall–Kier alpha value is -5.18. The van der Waals surface area contributed by atoms with E-state index in [0.717, 1.165) is 41.4 Å². The molecule has 1 aliphatic heterocycles. The summed E-state index contributed by atoms with van der Waals surface area (Å²) in [6.07, 6.45) is 2.32. The highest BCUT2D eigenvalue weighted by atomic mass is 35.5. The summed E-state index contributed by atoms with van der Waals surface area (Å²) in [5, 5.41) is 19.6. The molecular weight excluding hydrogens is 686 g/mol. The van der Waals surface area contributed by atoms with Crippen molar-refractivity contribution in [2.75, 3.05) is 22.9 Å². The molecule has 50 heavy (non-hydrogen) atoms. The Labute approximate surface area is 303 Å². The van der Waals surface area contributed by atoms with Crippen molar-refractivity contribution >= 4 is 69.2 Å². The minimum Gasteiger partial charge on any atom is -0.321 e. The van der Waals surface area contributed by atoms with Gasteiger partial charge in [-0.05, 0) is 71.7 Å². The Balaban J connectivity index is 1.09. The molecule has 8 nitrogen and oxygen atoms in total. The van der Waals surface area contributed by atoms with Gasteiger partial charge in [0.25, 0.3) is 11.8 Å². The van der Waals surface area contributed by atoms with E-state index in [1.807, 2.05) is 24.3 Å². The van der Waals surface area contributed by atoms with Gasteiger partial charge in [0.05, 0.1) is 11.3 Å². The van der Waals surface area contributed by atoms with Crippen molar-refractivity contribution in [3.8, 4) is 6.07 Å². The summed E-state index contributed by atoms with van der Waals surface area (Å²) in [5.41, 5.74) is 4.39. The number of anilines is 2. The molecule has 2 heterocycles. The number of benzene rings is 4. The van der Waals surface area contributed by atoms with Crippen molar-refractivity contribution < 1.29 is 14.4 Å². The quantitative estimate of drug-likeness (QED) is 0.0944. The van der Waals surface area contributed by atoms with Crippen LogP contribution in [0.25, 0.3) is 6.08 Å². The molecule has 0 radical (unpaired) electrons. The fraction of sp³-hybridized carbons (Fsp3) is 0.128. The van der Waals surface area contributed by atoms with Gasteiger partial charge in [0.2, 0.25) is 5.91 Å². The second-order valence-corrected chi connectivity index (χ2v) is 14.1. The van der Waals surface area contributed by atoms with Crippen LogP contribution in [0, 0.1) is 11.3 Å². The van der Waals surface area contributed by atoms with Gasteiger partial charge in [-0.2, -0.15) is 5.26 Å². The molecule has 0 atom stereocenters. The highest BCUT2D eigenvalue weighted by Gasteiger charge is 2.25. The molecule has 0 bridgehead atoms. The molecule has 0 spiro atoms. The molecule has 0 fully saturated rings. The molecule has 3 N–H and O–H groups in total. The molecule has 0 aliphatic carbocycles. The van der Waals surface area contributed by atoms with Crippen LogP contribution in [0.3, 0.4) is 0 Å².